The second kappa shape index (κ2) is 7.40. The third kappa shape index (κ3) is 3.68. The molecule has 0 fully saturated rings. The average molecular weight is 461 g/mol. The highest BCUT2D eigenvalue weighted by Crippen LogP contribution is 2.30. The van der Waals surface area contributed by atoms with E-state index in [2.05, 4.69) is 0 Å². The van der Waals surface area contributed by atoms with Crippen LogP contribution in [0.25, 0.3) is 16.6 Å². The van der Waals surface area contributed by atoms with E-state index in [9.17, 15) is 45.1 Å². The maximum absolute atomic E-state index is 14.7. The number of nitrogens with zero attached hydrogens (tertiary/aromatic N) is 3. The van der Waals surface area contributed by atoms with Crippen LogP contribution in [0, 0.1) is 18.2 Å². The SMILES string of the molecule is C#CCn1c(=O)c(C(F)(F)F)cc2cc(F)c(-n3c(=O)cc(C(F)(F)F)n(C)c3=O)cc21. The number of halogens is 7. The predicted octanol–water partition coefficient (Wildman–Crippen LogP) is 2.66. The van der Waals surface area contributed by atoms with E-state index in [1.807, 2.05) is 5.92 Å². The van der Waals surface area contributed by atoms with Crippen LogP contribution in [0.5, 0.6) is 0 Å². The second-order valence-electron chi connectivity index (χ2n) is 6.56. The van der Waals surface area contributed by atoms with E-state index in [-0.39, 0.29) is 20.7 Å². The van der Waals surface area contributed by atoms with Crippen molar-refractivity contribution in [2.75, 3.05) is 0 Å². The zero-order valence-electron chi connectivity index (χ0n) is 15.8. The largest absolute Gasteiger partial charge is 0.431 e. The Morgan fingerprint density at radius 3 is 2.12 bits per heavy atom. The second-order valence-corrected chi connectivity index (χ2v) is 6.56. The number of hydrogen-bond donors (Lipinski definition) is 0. The van der Waals surface area contributed by atoms with Crippen molar-refractivity contribution in [2.24, 2.45) is 7.05 Å². The molecule has 13 heteroatoms. The van der Waals surface area contributed by atoms with Crippen molar-refractivity contribution in [2.45, 2.75) is 18.9 Å². The van der Waals surface area contributed by atoms with Crippen LogP contribution in [-0.4, -0.2) is 13.7 Å². The predicted molar refractivity (Wildman–Crippen MR) is 97.8 cm³/mol. The van der Waals surface area contributed by atoms with Crippen molar-refractivity contribution < 1.29 is 30.7 Å². The van der Waals surface area contributed by atoms with Crippen LogP contribution < -0.4 is 16.8 Å². The molecule has 32 heavy (non-hydrogen) atoms. The molecule has 0 unspecified atom stereocenters. The van der Waals surface area contributed by atoms with Gasteiger partial charge in [0, 0.05) is 18.5 Å². The zero-order valence-corrected chi connectivity index (χ0v) is 15.8. The van der Waals surface area contributed by atoms with E-state index in [0.717, 1.165) is 0 Å². The van der Waals surface area contributed by atoms with Gasteiger partial charge >= 0.3 is 18.0 Å². The molecule has 0 radical (unpaired) electrons. The fourth-order valence-electron chi connectivity index (χ4n) is 3.13. The van der Waals surface area contributed by atoms with Gasteiger partial charge in [-0.25, -0.2) is 13.8 Å². The summed E-state index contributed by atoms with van der Waals surface area (Å²) in [5.41, 5.74) is -9.14. The van der Waals surface area contributed by atoms with Gasteiger partial charge in [0.15, 0.2) is 0 Å². The van der Waals surface area contributed by atoms with Crippen molar-refractivity contribution in [1.29, 1.82) is 0 Å². The van der Waals surface area contributed by atoms with Gasteiger partial charge < -0.3 is 0 Å². The molecule has 0 spiro atoms. The summed E-state index contributed by atoms with van der Waals surface area (Å²) in [6.45, 7) is -0.676. The molecule has 0 atom stereocenters. The normalized spacial score (nSPS) is 12.2. The molecular weight excluding hydrogens is 451 g/mol. The van der Waals surface area contributed by atoms with E-state index < -0.39 is 63.9 Å². The Morgan fingerprint density at radius 1 is 0.969 bits per heavy atom. The Balaban J connectivity index is 2.45. The summed E-state index contributed by atoms with van der Waals surface area (Å²) in [6, 6.07) is 1.63. The van der Waals surface area contributed by atoms with Gasteiger partial charge in [-0.05, 0) is 18.2 Å². The number of fused-ring (bicyclic) bond motifs is 1. The number of hydrogen-bond acceptors (Lipinski definition) is 3. The number of benzene rings is 1. The van der Waals surface area contributed by atoms with Gasteiger partial charge in [-0.3, -0.25) is 18.7 Å². The first-order valence-electron chi connectivity index (χ1n) is 8.47. The Labute approximate surface area is 172 Å². The molecule has 0 N–H and O–H groups in total. The molecule has 0 saturated carbocycles. The third-order valence-electron chi connectivity index (χ3n) is 4.57. The van der Waals surface area contributed by atoms with Gasteiger partial charge in [-0.1, -0.05) is 5.92 Å². The Morgan fingerprint density at radius 2 is 1.59 bits per heavy atom. The van der Waals surface area contributed by atoms with Crippen molar-refractivity contribution in [3.63, 3.8) is 0 Å². The van der Waals surface area contributed by atoms with Crippen molar-refractivity contribution >= 4 is 10.9 Å². The minimum atomic E-state index is -5.09. The Bertz CT molecular complexity index is 1470. The van der Waals surface area contributed by atoms with Gasteiger partial charge in [-0.15, -0.1) is 6.42 Å². The lowest BCUT2D eigenvalue weighted by Gasteiger charge is -2.16. The number of alkyl halides is 6. The lowest BCUT2D eigenvalue weighted by atomic mass is 10.1. The van der Waals surface area contributed by atoms with E-state index >= 15 is 0 Å². The molecule has 168 valence electrons. The number of terminal acetylenes is 1. The van der Waals surface area contributed by atoms with E-state index in [4.69, 9.17) is 6.42 Å². The highest BCUT2D eigenvalue weighted by atomic mass is 19.4. The number of pyridine rings is 1. The van der Waals surface area contributed by atoms with Crippen LogP contribution in [-0.2, 0) is 25.9 Å². The van der Waals surface area contributed by atoms with Crippen molar-refractivity contribution in [1.82, 2.24) is 13.7 Å². The van der Waals surface area contributed by atoms with Gasteiger partial charge in [0.25, 0.3) is 11.1 Å². The monoisotopic (exact) mass is 461 g/mol. The molecule has 0 aliphatic carbocycles. The molecular formula is C19H10F7N3O3. The first-order valence-corrected chi connectivity index (χ1v) is 8.47. The standard InChI is InChI=1S/C19H10F7N3O3/c1-3-4-28-12-7-13(11(20)6-9(12)5-10(16(28)31)18(21,22)23)29-15(30)8-14(19(24,25)26)27(2)17(29)32/h1,5-8H,4H2,2H3. The Kier molecular flexibility index (Phi) is 5.28. The van der Waals surface area contributed by atoms with E-state index in [0.29, 0.717) is 29.8 Å². The van der Waals surface area contributed by atoms with Crippen LogP contribution in [0.2, 0.25) is 0 Å². The van der Waals surface area contributed by atoms with Crippen LogP contribution >= 0.6 is 0 Å². The van der Waals surface area contributed by atoms with Crippen LogP contribution in [0.4, 0.5) is 30.7 Å². The maximum atomic E-state index is 14.7. The molecule has 3 rings (SSSR count). The molecule has 0 aliphatic rings. The molecule has 0 amide bonds. The summed E-state index contributed by atoms with van der Waals surface area (Å²) in [7, 11) is 0.698. The third-order valence-corrected chi connectivity index (χ3v) is 4.57. The molecule has 0 aliphatic heterocycles. The molecule has 2 heterocycles. The quantitative estimate of drug-likeness (QED) is 0.436. The zero-order chi connectivity index (χ0) is 24.2. The van der Waals surface area contributed by atoms with E-state index in [1.54, 1.807) is 0 Å². The Hall–Kier alpha value is -3.82. The topological polar surface area (TPSA) is 66.0 Å². The fourth-order valence-corrected chi connectivity index (χ4v) is 3.13. The first kappa shape index (κ1) is 22.9. The van der Waals surface area contributed by atoms with Crippen LogP contribution in [0.15, 0.2) is 38.6 Å². The average Bonchev–Trinajstić information content (AvgIpc) is 2.65. The fraction of sp³-hybridized carbons (Fsp3) is 0.211. The summed E-state index contributed by atoms with van der Waals surface area (Å²) in [5.74, 6) is 0.575. The molecule has 0 bridgehead atoms. The van der Waals surface area contributed by atoms with Crippen molar-refractivity contribution in [3.8, 4) is 18.0 Å². The lowest BCUT2D eigenvalue weighted by Crippen LogP contribution is -2.41. The van der Waals surface area contributed by atoms with E-state index in [1.165, 1.54) is 0 Å². The van der Waals surface area contributed by atoms with Gasteiger partial charge in [0.2, 0.25) is 0 Å². The molecule has 0 saturated heterocycles. The van der Waals surface area contributed by atoms with Crippen LogP contribution in [0.3, 0.4) is 0 Å². The lowest BCUT2D eigenvalue weighted by molar-refractivity contribution is -0.144. The van der Waals surface area contributed by atoms with Gasteiger partial charge in [-0.2, -0.15) is 26.3 Å². The molecule has 1 aromatic carbocycles. The molecule has 2 aromatic heterocycles. The molecule has 6 nitrogen and oxygen atoms in total. The van der Waals surface area contributed by atoms with Crippen LogP contribution in [0.1, 0.15) is 11.3 Å². The number of aromatic nitrogens is 3. The smallest absolute Gasteiger partial charge is 0.296 e. The minimum absolute atomic E-state index is 0.0618. The summed E-state index contributed by atoms with van der Waals surface area (Å²) in [6.07, 6.45) is -5.04. The summed E-state index contributed by atoms with van der Waals surface area (Å²) in [4.78, 5) is 37.0. The first-order chi connectivity index (χ1) is 14.7. The number of rotatable bonds is 2. The van der Waals surface area contributed by atoms with Crippen molar-refractivity contribution in [3.05, 3.63) is 72.5 Å². The van der Waals surface area contributed by atoms with Gasteiger partial charge in [0.05, 0.1) is 17.7 Å². The van der Waals surface area contributed by atoms with Gasteiger partial charge in [0.1, 0.15) is 17.1 Å². The highest BCUT2D eigenvalue weighted by molar-refractivity contribution is 5.82. The summed E-state index contributed by atoms with van der Waals surface area (Å²) < 4.78 is 93.9. The minimum Gasteiger partial charge on any atom is -0.296 e. The summed E-state index contributed by atoms with van der Waals surface area (Å²) in [5, 5.41) is -0.440. The highest BCUT2D eigenvalue weighted by Gasteiger charge is 2.36. The summed E-state index contributed by atoms with van der Waals surface area (Å²) >= 11 is 0. The molecule has 3 aromatic rings. The maximum Gasteiger partial charge on any atom is 0.431 e.